The molecule has 2 aliphatic heterocycles. The Morgan fingerprint density at radius 3 is 2.48 bits per heavy atom. The molecule has 1 aromatic carbocycles. The average Bonchev–Trinajstić information content (AvgIpc) is 3.25. The van der Waals surface area contributed by atoms with Gasteiger partial charge in [-0.3, -0.25) is 4.79 Å². The van der Waals surface area contributed by atoms with Crippen molar-refractivity contribution < 1.29 is 19.1 Å². The molecular formula is C22H33N3O4. The summed E-state index contributed by atoms with van der Waals surface area (Å²) >= 11 is 0. The summed E-state index contributed by atoms with van der Waals surface area (Å²) in [5.41, 5.74) is 8.68. The van der Waals surface area contributed by atoms with Gasteiger partial charge in [-0.1, -0.05) is 13.0 Å². The highest BCUT2D eigenvalue weighted by Gasteiger charge is 2.47. The van der Waals surface area contributed by atoms with Gasteiger partial charge < -0.3 is 25.0 Å². The number of amides is 1. The van der Waals surface area contributed by atoms with E-state index < -0.39 is 5.60 Å². The Balaban J connectivity index is 1.69. The van der Waals surface area contributed by atoms with Crippen LogP contribution in [0.25, 0.3) is 0 Å². The second-order valence-corrected chi connectivity index (χ2v) is 9.03. The number of esters is 1. The van der Waals surface area contributed by atoms with Crippen LogP contribution in [0.2, 0.25) is 0 Å². The van der Waals surface area contributed by atoms with Crippen molar-refractivity contribution in [2.45, 2.75) is 70.6 Å². The van der Waals surface area contributed by atoms with E-state index in [9.17, 15) is 9.59 Å². The number of hydrogen-bond donors (Lipinski definition) is 1. The molecule has 0 aliphatic carbocycles. The number of hydrogen-bond acceptors (Lipinski definition) is 6. The molecule has 2 aliphatic rings. The first-order chi connectivity index (χ1) is 13.6. The molecular weight excluding hydrogens is 370 g/mol. The molecule has 2 saturated heterocycles. The molecule has 1 amide bonds. The molecule has 3 rings (SSSR count). The summed E-state index contributed by atoms with van der Waals surface area (Å²) in [5.74, 6) is -0.116. The highest BCUT2D eigenvalue weighted by Crippen LogP contribution is 2.39. The van der Waals surface area contributed by atoms with Gasteiger partial charge in [0.2, 0.25) is 0 Å². The van der Waals surface area contributed by atoms with Crippen LogP contribution >= 0.6 is 0 Å². The number of carbonyl (C=O) groups excluding carboxylic acids is 2. The van der Waals surface area contributed by atoms with E-state index in [2.05, 4.69) is 17.9 Å². The van der Waals surface area contributed by atoms with E-state index in [4.69, 9.17) is 15.2 Å². The number of nitrogens with two attached hydrogens (primary N) is 1. The summed E-state index contributed by atoms with van der Waals surface area (Å²) in [6.45, 7) is 9.13. The molecule has 2 N–H and O–H groups in total. The summed E-state index contributed by atoms with van der Waals surface area (Å²) in [7, 11) is 1.41. The van der Waals surface area contributed by atoms with Gasteiger partial charge in [0.05, 0.1) is 30.9 Å². The molecule has 2 fully saturated rings. The van der Waals surface area contributed by atoms with E-state index >= 15 is 0 Å². The summed E-state index contributed by atoms with van der Waals surface area (Å²) < 4.78 is 10.4. The first-order valence-electron chi connectivity index (χ1n) is 10.4. The predicted octanol–water partition coefficient (Wildman–Crippen LogP) is 3.52. The third-order valence-corrected chi connectivity index (χ3v) is 5.83. The Hall–Kier alpha value is -2.44. The van der Waals surface area contributed by atoms with Crippen molar-refractivity contribution in [2.75, 3.05) is 30.8 Å². The van der Waals surface area contributed by atoms with Gasteiger partial charge in [-0.05, 0) is 57.2 Å². The molecule has 7 nitrogen and oxygen atoms in total. The number of benzene rings is 1. The van der Waals surface area contributed by atoms with Crippen molar-refractivity contribution in [1.82, 2.24) is 4.90 Å². The maximum Gasteiger partial charge on any atom is 0.410 e. The van der Waals surface area contributed by atoms with Crippen molar-refractivity contribution >= 4 is 23.4 Å². The molecule has 3 atom stereocenters. The van der Waals surface area contributed by atoms with E-state index in [1.165, 1.54) is 7.11 Å². The highest BCUT2D eigenvalue weighted by atomic mass is 16.6. The number of likely N-dealkylation sites (tertiary alicyclic amines) is 1. The molecule has 0 aromatic heterocycles. The normalized spacial score (nSPS) is 22.0. The van der Waals surface area contributed by atoms with Crippen LogP contribution in [0, 0.1) is 0 Å². The van der Waals surface area contributed by atoms with E-state index in [0.717, 1.165) is 30.6 Å². The Kier molecular flexibility index (Phi) is 5.96. The van der Waals surface area contributed by atoms with Crippen LogP contribution in [-0.2, 0) is 14.3 Å². The molecule has 160 valence electrons. The lowest BCUT2D eigenvalue weighted by Gasteiger charge is -2.37. The number of methoxy groups -OCH3 is 1. The number of nitrogen functional groups attached to an aromatic ring is 1. The van der Waals surface area contributed by atoms with Crippen LogP contribution < -0.4 is 10.6 Å². The zero-order valence-electron chi connectivity index (χ0n) is 18.1. The van der Waals surface area contributed by atoms with Crippen LogP contribution in [-0.4, -0.2) is 54.8 Å². The second kappa shape index (κ2) is 8.13. The fourth-order valence-corrected chi connectivity index (χ4v) is 4.38. The third kappa shape index (κ3) is 4.60. The van der Waals surface area contributed by atoms with E-state index in [0.29, 0.717) is 18.7 Å². The number of rotatable bonds is 5. The Labute approximate surface area is 173 Å². The lowest BCUT2D eigenvalue weighted by molar-refractivity contribution is -0.141. The predicted molar refractivity (Wildman–Crippen MR) is 113 cm³/mol. The Morgan fingerprint density at radius 1 is 1.24 bits per heavy atom. The number of ether oxygens (including phenoxy) is 2. The number of piperazine rings is 1. The van der Waals surface area contributed by atoms with Crippen LogP contribution in [0.15, 0.2) is 18.2 Å². The number of carbonyl (C=O) groups is 2. The third-order valence-electron chi connectivity index (χ3n) is 5.83. The molecule has 0 radical (unpaired) electrons. The molecule has 2 bridgehead atoms. The van der Waals surface area contributed by atoms with Gasteiger partial charge in [0.25, 0.3) is 0 Å². The molecule has 29 heavy (non-hydrogen) atoms. The van der Waals surface area contributed by atoms with E-state index in [1.807, 2.05) is 37.8 Å². The van der Waals surface area contributed by atoms with Gasteiger partial charge in [0.1, 0.15) is 5.60 Å². The minimum absolute atomic E-state index is 0.0940. The second-order valence-electron chi connectivity index (χ2n) is 9.03. The van der Waals surface area contributed by atoms with Gasteiger partial charge in [-0.2, -0.15) is 0 Å². The van der Waals surface area contributed by atoms with Crippen molar-refractivity contribution in [1.29, 1.82) is 0 Å². The summed E-state index contributed by atoms with van der Waals surface area (Å²) in [6.07, 6.45) is 1.89. The van der Waals surface area contributed by atoms with Gasteiger partial charge in [-0.15, -0.1) is 0 Å². The minimum Gasteiger partial charge on any atom is -0.469 e. The van der Waals surface area contributed by atoms with Crippen molar-refractivity contribution in [3.8, 4) is 0 Å². The standard InChI is InChI=1S/C22H33N3O4/c1-6-14(10-20(26)28-5)15-7-8-19(18(23)9-15)24-12-17-11-16(24)13-25(17)21(27)29-22(2,3)4/h7-9,14,16-17H,6,10-13,23H2,1-5H3/t14?,16-,17-/m0/s1. The Morgan fingerprint density at radius 2 is 1.97 bits per heavy atom. The first-order valence-corrected chi connectivity index (χ1v) is 10.4. The molecule has 0 saturated carbocycles. The fourth-order valence-electron chi connectivity index (χ4n) is 4.38. The molecule has 0 spiro atoms. The zero-order chi connectivity index (χ0) is 21.3. The van der Waals surface area contributed by atoms with Gasteiger partial charge in [0, 0.05) is 19.1 Å². The van der Waals surface area contributed by atoms with Gasteiger partial charge in [-0.25, -0.2) is 4.79 Å². The monoisotopic (exact) mass is 403 g/mol. The summed E-state index contributed by atoms with van der Waals surface area (Å²) in [5, 5.41) is 0. The van der Waals surface area contributed by atoms with E-state index in [1.54, 1.807) is 0 Å². The lowest BCUT2D eigenvalue weighted by atomic mass is 9.92. The molecule has 2 heterocycles. The van der Waals surface area contributed by atoms with Crippen LogP contribution in [0.4, 0.5) is 16.2 Å². The Bertz CT molecular complexity index is 774. The van der Waals surface area contributed by atoms with Crippen molar-refractivity contribution in [2.24, 2.45) is 0 Å². The smallest absolute Gasteiger partial charge is 0.410 e. The van der Waals surface area contributed by atoms with Gasteiger partial charge in [0.15, 0.2) is 0 Å². The molecule has 1 unspecified atom stereocenters. The van der Waals surface area contributed by atoms with Crippen LogP contribution in [0.5, 0.6) is 0 Å². The minimum atomic E-state index is -0.487. The summed E-state index contributed by atoms with van der Waals surface area (Å²) in [6, 6.07) is 6.47. The lowest BCUT2D eigenvalue weighted by Crippen LogP contribution is -2.50. The van der Waals surface area contributed by atoms with Crippen LogP contribution in [0.3, 0.4) is 0 Å². The van der Waals surface area contributed by atoms with Gasteiger partial charge >= 0.3 is 12.1 Å². The van der Waals surface area contributed by atoms with Crippen molar-refractivity contribution in [3.63, 3.8) is 0 Å². The molecule has 7 heteroatoms. The highest BCUT2D eigenvalue weighted by molar-refractivity contribution is 5.74. The largest absolute Gasteiger partial charge is 0.469 e. The average molecular weight is 404 g/mol. The fraction of sp³-hybridized carbons (Fsp3) is 0.636. The van der Waals surface area contributed by atoms with Crippen molar-refractivity contribution in [3.05, 3.63) is 23.8 Å². The summed E-state index contributed by atoms with van der Waals surface area (Å²) in [4.78, 5) is 28.3. The number of nitrogens with zero attached hydrogens (tertiary/aromatic N) is 2. The molecule has 1 aromatic rings. The SMILES string of the molecule is CCC(CC(=O)OC)c1ccc(N2C[C@@H]3C[C@H]2CN3C(=O)OC(C)(C)C)c(N)c1. The zero-order valence-corrected chi connectivity index (χ0v) is 18.1. The number of anilines is 2. The van der Waals surface area contributed by atoms with E-state index in [-0.39, 0.29) is 30.1 Å². The first kappa shape index (κ1) is 21.3. The quantitative estimate of drug-likeness (QED) is 0.598. The number of fused-ring (bicyclic) bond motifs is 2. The maximum atomic E-state index is 12.4. The maximum absolute atomic E-state index is 12.4. The van der Waals surface area contributed by atoms with Crippen LogP contribution in [0.1, 0.15) is 58.4 Å². The topological polar surface area (TPSA) is 85.1 Å².